The number of ether oxygens (including phenoxy) is 7. The Morgan fingerprint density at radius 3 is 1.52 bits per heavy atom. The van der Waals surface area contributed by atoms with E-state index in [2.05, 4.69) is 0 Å². The predicted molar refractivity (Wildman–Crippen MR) is 190 cm³/mol. The van der Waals surface area contributed by atoms with Crippen LogP contribution in [0.15, 0.2) is 39.5 Å². The molecule has 336 valence electrons. The van der Waals surface area contributed by atoms with Crippen molar-refractivity contribution in [2.45, 2.75) is 98.5 Å². The minimum absolute atomic E-state index is 0.210. The number of carboxylic acid groups (broad SMARTS) is 1. The molecule has 1 aliphatic carbocycles. The fourth-order valence-electron chi connectivity index (χ4n) is 6.56. The van der Waals surface area contributed by atoms with Crippen LogP contribution in [0.3, 0.4) is 0 Å². The second-order valence-corrected chi connectivity index (χ2v) is 14.1. The van der Waals surface area contributed by atoms with Crippen molar-refractivity contribution in [3.63, 3.8) is 0 Å². The van der Waals surface area contributed by atoms with Crippen LogP contribution in [0.2, 0.25) is 0 Å². The number of esters is 1. The average Bonchev–Trinajstić information content (AvgIpc) is 3.21. The normalized spacial score (nSPS) is 34.1. The van der Waals surface area contributed by atoms with E-state index in [0.29, 0.717) is 0 Å². The Labute approximate surface area is 340 Å². The molecule has 15 atom stereocenters. The molecule has 61 heavy (non-hydrogen) atoms. The van der Waals surface area contributed by atoms with Crippen molar-refractivity contribution < 1.29 is 119 Å². The molecular weight excluding hydrogens is 832 g/mol. The third-order valence-corrected chi connectivity index (χ3v) is 9.91. The monoisotopic (exact) mass is 874 g/mol. The van der Waals surface area contributed by atoms with Gasteiger partial charge in [0.2, 0.25) is 24.6 Å². The zero-order chi connectivity index (χ0) is 44.6. The highest BCUT2D eigenvalue weighted by Gasteiger charge is 2.48. The molecule has 0 spiro atoms. The summed E-state index contributed by atoms with van der Waals surface area (Å²) in [5.41, 5.74) is -1.31. The number of rotatable bonds is 13. The molecule has 1 unspecified atom stereocenters. The van der Waals surface area contributed by atoms with E-state index < -0.39 is 170 Å². The molecule has 25 nitrogen and oxygen atoms in total. The highest BCUT2D eigenvalue weighted by Crippen LogP contribution is 2.47. The van der Waals surface area contributed by atoms with E-state index in [1.807, 2.05) is 0 Å². The number of aliphatic carboxylic acids is 1. The van der Waals surface area contributed by atoms with E-state index in [4.69, 9.17) is 42.7 Å². The summed E-state index contributed by atoms with van der Waals surface area (Å²) >= 11 is 0. The number of aliphatic hydroxyl groups excluding tert-OH is 11. The number of phenolic OH excluding ortho intramolecular Hbond substituents is 2. The summed E-state index contributed by atoms with van der Waals surface area (Å²) in [6, 6.07) is 4.65. The maximum Gasteiger partial charge on any atom is 0.317 e. The highest BCUT2D eigenvalue weighted by atomic mass is 16.7. The number of phenols is 2. The van der Waals surface area contributed by atoms with Crippen molar-refractivity contribution >= 4 is 11.9 Å². The van der Waals surface area contributed by atoms with Gasteiger partial charge in [-0.15, -0.1) is 0 Å². The fraction of sp³-hybridized carbons (Fsp3) is 0.528. The molecule has 3 saturated heterocycles. The summed E-state index contributed by atoms with van der Waals surface area (Å²) in [6.45, 7) is -2.63. The van der Waals surface area contributed by atoms with E-state index in [-0.39, 0.29) is 16.9 Å². The van der Waals surface area contributed by atoms with Crippen LogP contribution in [0.25, 0.3) is 22.6 Å². The van der Waals surface area contributed by atoms with Crippen LogP contribution in [-0.4, -0.2) is 195 Å². The summed E-state index contributed by atoms with van der Waals surface area (Å²) in [5.74, 6) is -7.32. The number of carboxylic acids is 1. The van der Waals surface area contributed by atoms with Gasteiger partial charge in [0.1, 0.15) is 97.8 Å². The number of fused-ring (bicyclic) bond motifs is 1. The molecule has 3 fully saturated rings. The Bertz CT molecular complexity index is 1990. The molecule has 1 aromatic rings. The van der Waals surface area contributed by atoms with Crippen molar-refractivity contribution in [2.75, 3.05) is 19.8 Å². The molecule has 0 bridgehead atoms. The summed E-state index contributed by atoms with van der Waals surface area (Å²) in [7, 11) is 0. The number of carbonyl (C=O) groups excluding carboxylic acids is 1. The third-order valence-electron chi connectivity index (χ3n) is 9.91. The molecule has 0 amide bonds. The van der Waals surface area contributed by atoms with Crippen LogP contribution >= 0.6 is 0 Å². The first kappa shape index (κ1) is 45.6. The van der Waals surface area contributed by atoms with Crippen LogP contribution < -0.4 is 19.6 Å². The molecule has 25 heteroatoms. The van der Waals surface area contributed by atoms with Crippen molar-refractivity contribution in [3.8, 4) is 51.4 Å². The quantitative estimate of drug-likeness (QED) is 0.0562. The first-order valence-corrected chi connectivity index (χ1v) is 18.2. The van der Waals surface area contributed by atoms with Gasteiger partial charge in [-0.3, -0.25) is 14.4 Å². The molecule has 6 rings (SSSR count). The number of benzene rings is 2. The highest BCUT2D eigenvalue weighted by molar-refractivity contribution is 5.90. The van der Waals surface area contributed by atoms with Crippen LogP contribution in [0.4, 0.5) is 0 Å². The number of aromatic hydroxyl groups is 2. The van der Waals surface area contributed by atoms with Gasteiger partial charge in [-0.1, -0.05) is 0 Å². The average molecular weight is 875 g/mol. The fourth-order valence-corrected chi connectivity index (χ4v) is 6.56. The Hall–Kier alpha value is -4.97. The smallest absolute Gasteiger partial charge is 0.317 e. The Morgan fingerprint density at radius 2 is 1.05 bits per heavy atom. The molecule has 14 N–H and O–H groups in total. The summed E-state index contributed by atoms with van der Waals surface area (Å²) in [5, 5.41) is 145. The van der Waals surface area contributed by atoms with Crippen molar-refractivity contribution in [1.82, 2.24) is 0 Å². The largest absolute Gasteiger partial charge is 0.507 e. The van der Waals surface area contributed by atoms with E-state index in [1.54, 1.807) is 0 Å². The minimum atomic E-state index is -2.10. The van der Waals surface area contributed by atoms with Gasteiger partial charge in [-0.05, 0) is 18.2 Å². The molecule has 4 heterocycles. The van der Waals surface area contributed by atoms with Crippen LogP contribution in [0.5, 0.6) is 28.7 Å². The van der Waals surface area contributed by atoms with Crippen molar-refractivity contribution in [2.24, 2.45) is 0 Å². The standard InChI is InChI=1S/C36H42O25/c37-7-18-24(45)27(48)30(51)34(59-18)56-15-1-10(2-16(23(15)44)57-35-31(52)28(49)25(46)19(8-38)60-35)33-17(5-12-13(40)3-11(39)4-14(12)55-33)58-36-32(53)29(50)26(47)20(61-36)9-54-22(43)6-21(41)42/h1-5,18-20,24-32,34-38,40,44-53H,6-9H2,(H,41,42)/t18-,19-,20-,24-,25-,26-,27+,28+,29+,30-,31-,32-,34-,35?,36-/m1/s1. The number of hydrogen-bond donors (Lipinski definition) is 14. The first-order chi connectivity index (χ1) is 28.8. The molecule has 0 radical (unpaired) electrons. The molecule has 0 aromatic heterocycles. The summed E-state index contributed by atoms with van der Waals surface area (Å²) in [6.07, 6.45) is -29.5. The minimum Gasteiger partial charge on any atom is -0.507 e. The van der Waals surface area contributed by atoms with Gasteiger partial charge in [0, 0.05) is 17.7 Å². The van der Waals surface area contributed by atoms with Crippen LogP contribution in [0.1, 0.15) is 6.42 Å². The molecule has 1 aromatic carbocycles. The van der Waals surface area contributed by atoms with Gasteiger partial charge < -0.3 is 109 Å². The van der Waals surface area contributed by atoms with E-state index in [0.717, 1.165) is 30.3 Å². The SMILES string of the molecule is O=C(O)CC(=O)OC[C@H]1O[C@@H](Oc2cc3c(O)cc(=O)cc-3oc2-c2cc(OC3O[C@H](CO)[C@@H](O)[C@H](O)[C@H]3O)c(O)c(O[C@@H]3O[C@H](CO)[C@@H](O)[C@H](O)[C@H]3O)c2)[C@H](O)[C@@H](O)[C@@H]1O. The topological polar surface area (TPSA) is 412 Å². The van der Waals surface area contributed by atoms with Gasteiger partial charge in [-0.2, -0.15) is 0 Å². The van der Waals surface area contributed by atoms with E-state index in [9.17, 15) is 80.8 Å². The molecule has 4 aliphatic heterocycles. The lowest BCUT2D eigenvalue weighted by Crippen LogP contribution is -2.60. The van der Waals surface area contributed by atoms with Crippen molar-refractivity contribution in [3.05, 3.63) is 40.6 Å². The van der Waals surface area contributed by atoms with Gasteiger partial charge in [-0.25, -0.2) is 0 Å². The summed E-state index contributed by atoms with van der Waals surface area (Å²) in [4.78, 5) is 35.3. The summed E-state index contributed by atoms with van der Waals surface area (Å²) < 4.78 is 44.5. The zero-order valence-corrected chi connectivity index (χ0v) is 31.1. The Morgan fingerprint density at radius 1 is 0.590 bits per heavy atom. The van der Waals surface area contributed by atoms with Crippen LogP contribution in [-0.2, 0) is 28.5 Å². The molecular formula is C36H42O25. The lowest BCUT2D eigenvalue weighted by atomic mass is 9.99. The zero-order valence-electron chi connectivity index (χ0n) is 31.1. The Balaban J connectivity index is 1.46. The van der Waals surface area contributed by atoms with Crippen LogP contribution in [0, 0.1) is 0 Å². The predicted octanol–water partition coefficient (Wildman–Crippen LogP) is -5.62. The maximum atomic E-state index is 12.4. The Kier molecular flexibility index (Phi) is 13.9. The van der Waals surface area contributed by atoms with Gasteiger partial charge in [0.05, 0.1) is 18.8 Å². The van der Waals surface area contributed by atoms with Gasteiger partial charge >= 0.3 is 11.9 Å². The number of hydrogen-bond acceptors (Lipinski definition) is 24. The second kappa shape index (κ2) is 18.6. The molecule has 0 saturated carbocycles. The van der Waals surface area contributed by atoms with E-state index in [1.165, 1.54) is 0 Å². The lowest BCUT2D eigenvalue weighted by molar-refractivity contribution is -0.279. The van der Waals surface area contributed by atoms with Gasteiger partial charge in [0.15, 0.2) is 28.4 Å². The van der Waals surface area contributed by atoms with E-state index >= 15 is 0 Å². The number of aliphatic hydroxyl groups is 11. The lowest BCUT2D eigenvalue weighted by Gasteiger charge is -2.40. The maximum absolute atomic E-state index is 12.4. The number of carbonyl (C=O) groups is 2. The van der Waals surface area contributed by atoms with Crippen molar-refractivity contribution in [1.29, 1.82) is 0 Å². The second-order valence-electron chi connectivity index (χ2n) is 14.1. The van der Waals surface area contributed by atoms with Gasteiger partial charge in [0.25, 0.3) is 0 Å². The third kappa shape index (κ3) is 9.44. The first-order valence-electron chi connectivity index (χ1n) is 18.2. The molecule has 5 aliphatic rings.